The van der Waals surface area contributed by atoms with Gasteiger partial charge in [-0.25, -0.2) is 4.39 Å². The lowest BCUT2D eigenvalue weighted by Gasteiger charge is -2.52. The molecule has 0 aromatic heterocycles. The summed E-state index contributed by atoms with van der Waals surface area (Å²) in [4.78, 5) is 0. The van der Waals surface area contributed by atoms with Crippen molar-refractivity contribution < 1.29 is 9.13 Å². The molecule has 0 saturated heterocycles. The molecule has 1 N–H and O–H groups in total. The molecule has 20 heavy (non-hydrogen) atoms. The van der Waals surface area contributed by atoms with E-state index < -0.39 is 0 Å². The summed E-state index contributed by atoms with van der Waals surface area (Å²) in [7, 11) is 0. The fourth-order valence-corrected chi connectivity index (χ4v) is 2.89. The molecule has 2 unspecified atom stereocenters. The van der Waals surface area contributed by atoms with E-state index in [4.69, 9.17) is 4.74 Å². The molecule has 0 heterocycles. The molecule has 1 saturated carbocycles. The summed E-state index contributed by atoms with van der Waals surface area (Å²) in [5.41, 5.74) is 1.04. The Labute approximate surface area is 129 Å². The molecule has 1 aliphatic rings. The van der Waals surface area contributed by atoms with Crippen molar-refractivity contribution in [2.75, 3.05) is 11.9 Å². The largest absolute Gasteiger partial charge is 0.382 e. The first-order valence-electron chi connectivity index (χ1n) is 7.14. The number of anilines is 1. The van der Waals surface area contributed by atoms with Crippen LogP contribution in [-0.4, -0.2) is 18.8 Å². The van der Waals surface area contributed by atoms with Gasteiger partial charge in [0, 0.05) is 23.8 Å². The molecule has 0 bridgehead atoms. The van der Waals surface area contributed by atoms with Crippen LogP contribution >= 0.6 is 15.9 Å². The summed E-state index contributed by atoms with van der Waals surface area (Å²) < 4.78 is 19.7. The molecule has 0 spiro atoms. The highest BCUT2D eigenvalue weighted by molar-refractivity contribution is 9.10. The third-order valence-electron chi connectivity index (χ3n) is 4.07. The Bertz CT molecular complexity index is 476. The molecule has 1 fully saturated rings. The molecule has 1 aromatic rings. The van der Waals surface area contributed by atoms with Gasteiger partial charge < -0.3 is 10.1 Å². The number of hydrogen-bond acceptors (Lipinski definition) is 2. The monoisotopic (exact) mass is 343 g/mol. The molecule has 2 rings (SSSR count). The number of rotatable bonds is 5. The van der Waals surface area contributed by atoms with Crippen LogP contribution in [0.4, 0.5) is 10.1 Å². The predicted octanol–water partition coefficient (Wildman–Crippen LogP) is 4.84. The van der Waals surface area contributed by atoms with Crippen LogP contribution in [0.1, 0.15) is 34.1 Å². The Morgan fingerprint density at radius 1 is 1.45 bits per heavy atom. The summed E-state index contributed by atoms with van der Waals surface area (Å²) in [6.45, 7) is 9.58. The van der Waals surface area contributed by atoms with E-state index in [2.05, 4.69) is 48.9 Å². The van der Waals surface area contributed by atoms with Crippen molar-refractivity contribution in [3.05, 3.63) is 28.5 Å². The Morgan fingerprint density at radius 2 is 2.15 bits per heavy atom. The average molecular weight is 344 g/mol. The maximum absolute atomic E-state index is 13.2. The fourth-order valence-electron chi connectivity index (χ4n) is 2.51. The van der Waals surface area contributed by atoms with Gasteiger partial charge in [0.2, 0.25) is 0 Å². The lowest BCUT2D eigenvalue weighted by molar-refractivity contribution is -0.108. The Kier molecular flexibility index (Phi) is 4.75. The minimum atomic E-state index is -0.235. The quantitative estimate of drug-likeness (QED) is 0.825. The van der Waals surface area contributed by atoms with Gasteiger partial charge >= 0.3 is 0 Å². The molecule has 0 aliphatic heterocycles. The van der Waals surface area contributed by atoms with Gasteiger partial charge in [-0.2, -0.15) is 0 Å². The third-order valence-corrected chi connectivity index (χ3v) is 4.68. The van der Waals surface area contributed by atoms with Gasteiger partial charge in [0.1, 0.15) is 5.82 Å². The first-order valence-corrected chi connectivity index (χ1v) is 7.93. The second kappa shape index (κ2) is 6.02. The molecular weight excluding hydrogens is 321 g/mol. The van der Waals surface area contributed by atoms with Gasteiger partial charge in [-0.3, -0.25) is 0 Å². The van der Waals surface area contributed by atoms with Crippen LogP contribution in [0.5, 0.6) is 0 Å². The second-order valence-corrected chi connectivity index (χ2v) is 7.45. The van der Waals surface area contributed by atoms with Crippen LogP contribution in [0.2, 0.25) is 0 Å². The third kappa shape index (κ3) is 3.34. The predicted molar refractivity (Wildman–Crippen MR) is 84.5 cm³/mol. The van der Waals surface area contributed by atoms with Crippen LogP contribution in [0.25, 0.3) is 0 Å². The molecule has 1 aliphatic carbocycles. The van der Waals surface area contributed by atoms with Gasteiger partial charge in [-0.05, 0) is 46.5 Å². The lowest BCUT2D eigenvalue weighted by Crippen LogP contribution is -2.58. The van der Waals surface area contributed by atoms with E-state index in [1.165, 1.54) is 6.07 Å². The van der Waals surface area contributed by atoms with Gasteiger partial charge in [-0.15, -0.1) is 0 Å². The molecule has 2 atom stereocenters. The molecule has 0 amide bonds. The molecule has 2 nitrogen and oxygen atoms in total. The highest BCUT2D eigenvalue weighted by Crippen LogP contribution is 2.44. The molecule has 1 aromatic carbocycles. The first-order chi connectivity index (χ1) is 9.30. The first kappa shape index (κ1) is 15.8. The van der Waals surface area contributed by atoms with Crippen molar-refractivity contribution in [2.45, 2.75) is 46.3 Å². The van der Waals surface area contributed by atoms with E-state index in [-0.39, 0.29) is 11.2 Å². The summed E-state index contributed by atoms with van der Waals surface area (Å²) >= 11 is 3.22. The summed E-state index contributed by atoms with van der Waals surface area (Å²) in [5, 5.41) is 3.48. The average Bonchev–Trinajstić information content (AvgIpc) is 2.36. The van der Waals surface area contributed by atoms with E-state index in [0.717, 1.165) is 18.7 Å². The van der Waals surface area contributed by atoms with Crippen LogP contribution in [0.3, 0.4) is 0 Å². The zero-order valence-electron chi connectivity index (χ0n) is 12.5. The fraction of sp³-hybridized carbons (Fsp3) is 0.625. The van der Waals surface area contributed by atoms with Gasteiger partial charge in [0.25, 0.3) is 0 Å². The lowest BCUT2D eigenvalue weighted by atomic mass is 9.64. The minimum absolute atomic E-state index is 0.0930. The maximum Gasteiger partial charge on any atom is 0.137 e. The van der Waals surface area contributed by atoms with E-state index in [0.29, 0.717) is 22.5 Å². The van der Waals surface area contributed by atoms with Crippen molar-refractivity contribution in [1.82, 2.24) is 0 Å². The highest BCUT2D eigenvalue weighted by atomic mass is 79.9. The van der Waals surface area contributed by atoms with Gasteiger partial charge in [0.05, 0.1) is 10.6 Å². The normalized spacial score (nSPS) is 24.6. The van der Waals surface area contributed by atoms with Gasteiger partial charge in [0.15, 0.2) is 0 Å². The standard InChI is InChI=1S/C16H23BrFNO/c1-10(2)9-20-15-8-14(16(15,3)4)19-11-5-6-13(18)12(17)7-11/h5-7,10,14-15,19H,8-9H2,1-4H3. The highest BCUT2D eigenvalue weighted by Gasteiger charge is 2.49. The van der Waals surface area contributed by atoms with E-state index in [9.17, 15) is 4.39 Å². The summed E-state index contributed by atoms with van der Waals surface area (Å²) in [5.74, 6) is 0.326. The Morgan fingerprint density at radius 3 is 2.70 bits per heavy atom. The zero-order valence-corrected chi connectivity index (χ0v) is 14.1. The summed E-state index contributed by atoms with van der Waals surface area (Å²) in [6, 6.07) is 5.40. The van der Waals surface area contributed by atoms with Crippen LogP contribution in [0, 0.1) is 17.2 Å². The topological polar surface area (TPSA) is 21.3 Å². The zero-order chi connectivity index (χ0) is 14.9. The number of hydrogen-bond donors (Lipinski definition) is 1. The second-order valence-electron chi connectivity index (χ2n) is 6.60. The number of benzene rings is 1. The van der Waals surface area contributed by atoms with E-state index >= 15 is 0 Å². The maximum atomic E-state index is 13.2. The molecule has 0 radical (unpaired) electrons. The summed E-state index contributed by atoms with van der Waals surface area (Å²) in [6.07, 6.45) is 1.29. The minimum Gasteiger partial charge on any atom is -0.382 e. The van der Waals surface area contributed by atoms with Crippen molar-refractivity contribution >= 4 is 21.6 Å². The number of ether oxygens (including phenoxy) is 1. The SMILES string of the molecule is CC(C)COC1CC(Nc2ccc(F)c(Br)c2)C1(C)C. The number of halogens is 2. The molecule has 112 valence electrons. The van der Waals surface area contributed by atoms with Crippen LogP contribution in [0.15, 0.2) is 22.7 Å². The Hall–Kier alpha value is -0.610. The number of nitrogens with one attached hydrogen (secondary N) is 1. The van der Waals surface area contributed by atoms with Crippen molar-refractivity contribution in [2.24, 2.45) is 11.3 Å². The molecular formula is C16H23BrFNO. The van der Waals surface area contributed by atoms with Crippen molar-refractivity contribution in [3.63, 3.8) is 0 Å². The van der Waals surface area contributed by atoms with Crippen LogP contribution < -0.4 is 5.32 Å². The van der Waals surface area contributed by atoms with Crippen molar-refractivity contribution in [3.8, 4) is 0 Å². The molecule has 4 heteroatoms. The Balaban J connectivity index is 1.93. The van der Waals surface area contributed by atoms with Crippen LogP contribution in [-0.2, 0) is 4.74 Å². The van der Waals surface area contributed by atoms with E-state index in [1.807, 2.05) is 0 Å². The van der Waals surface area contributed by atoms with Gasteiger partial charge in [-0.1, -0.05) is 27.7 Å². The van der Waals surface area contributed by atoms with Crippen molar-refractivity contribution in [1.29, 1.82) is 0 Å². The van der Waals surface area contributed by atoms with E-state index in [1.54, 1.807) is 12.1 Å². The smallest absolute Gasteiger partial charge is 0.137 e.